The minimum atomic E-state index is -0.615. The number of hydrogen-bond donors (Lipinski definition) is 1. The lowest BCUT2D eigenvalue weighted by Gasteiger charge is -2.16. The standard InChI is InChI=1S/C8H13N5O2/c1-8(2,13-10-4-5-11-13)6-12-15-7(14)9-3/h4-6H,1-3H3,(H,9,14). The Kier molecular flexibility index (Phi) is 3.37. The average Bonchev–Trinajstić information content (AvgIpc) is 2.70. The first-order valence-electron chi connectivity index (χ1n) is 4.36. The van der Waals surface area contributed by atoms with E-state index in [0.29, 0.717) is 0 Å². The number of oxime groups is 1. The molecule has 0 aliphatic rings. The summed E-state index contributed by atoms with van der Waals surface area (Å²) in [5, 5.41) is 13.7. The SMILES string of the molecule is CNC(=O)ON=CC(C)(C)n1nccn1. The molecule has 1 N–H and O–H groups in total. The van der Waals surface area contributed by atoms with E-state index in [4.69, 9.17) is 0 Å². The van der Waals surface area contributed by atoms with E-state index in [0.717, 1.165) is 0 Å². The quantitative estimate of drug-likeness (QED) is 0.444. The van der Waals surface area contributed by atoms with E-state index in [2.05, 4.69) is 25.5 Å². The Bertz CT molecular complexity index is 344. The number of hydrogen-bond acceptors (Lipinski definition) is 5. The monoisotopic (exact) mass is 211 g/mol. The van der Waals surface area contributed by atoms with Gasteiger partial charge in [-0.05, 0) is 13.8 Å². The molecule has 0 saturated carbocycles. The van der Waals surface area contributed by atoms with Crippen LogP contribution in [0.3, 0.4) is 0 Å². The van der Waals surface area contributed by atoms with Gasteiger partial charge >= 0.3 is 6.09 Å². The molecule has 82 valence electrons. The number of nitrogens with one attached hydrogen (secondary N) is 1. The van der Waals surface area contributed by atoms with Gasteiger partial charge in [0.2, 0.25) is 0 Å². The van der Waals surface area contributed by atoms with Gasteiger partial charge in [0.25, 0.3) is 0 Å². The number of nitrogens with zero attached hydrogens (tertiary/aromatic N) is 4. The fraction of sp³-hybridized carbons (Fsp3) is 0.500. The molecule has 1 rings (SSSR count). The van der Waals surface area contributed by atoms with E-state index >= 15 is 0 Å². The fourth-order valence-electron chi connectivity index (χ4n) is 0.814. The Morgan fingerprint density at radius 2 is 2.13 bits per heavy atom. The Morgan fingerprint density at radius 3 is 2.67 bits per heavy atom. The summed E-state index contributed by atoms with van der Waals surface area (Å²) in [6.45, 7) is 3.67. The summed E-state index contributed by atoms with van der Waals surface area (Å²) in [7, 11) is 1.46. The van der Waals surface area contributed by atoms with Gasteiger partial charge in [-0.25, -0.2) is 4.79 Å². The van der Waals surface area contributed by atoms with Crippen LogP contribution < -0.4 is 5.32 Å². The number of carbonyl (C=O) groups is 1. The van der Waals surface area contributed by atoms with Crippen molar-refractivity contribution in [3.05, 3.63) is 12.4 Å². The van der Waals surface area contributed by atoms with Gasteiger partial charge in [-0.2, -0.15) is 15.0 Å². The van der Waals surface area contributed by atoms with Gasteiger partial charge in [0.05, 0.1) is 18.6 Å². The third-order valence-electron chi connectivity index (χ3n) is 1.64. The summed E-state index contributed by atoms with van der Waals surface area (Å²) < 4.78 is 0. The van der Waals surface area contributed by atoms with Crippen LogP contribution in [0.15, 0.2) is 17.5 Å². The second-order valence-electron chi connectivity index (χ2n) is 3.34. The molecule has 0 atom stereocenters. The normalized spacial score (nSPS) is 11.7. The van der Waals surface area contributed by atoms with Gasteiger partial charge in [0, 0.05) is 7.05 Å². The van der Waals surface area contributed by atoms with Crippen LogP contribution in [-0.4, -0.2) is 34.3 Å². The topological polar surface area (TPSA) is 81.4 Å². The zero-order valence-corrected chi connectivity index (χ0v) is 8.84. The Morgan fingerprint density at radius 1 is 1.53 bits per heavy atom. The summed E-state index contributed by atoms with van der Waals surface area (Å²) in [4.78, 5) is 16.6. The minimum Gasteiger partial charge on any atom is -0.323 e. The summed E-state index contributed by atoms with van der Waals surface area (Å²) >= 11 is 0. The van der Waals surface area contributed by atoms with Crippen molar-refractivity contribution < 1.29 is 9.63 Å². The summed E-state index contributed by atoms with van der Waals surface area (Å²) in [5.74, 6) is 0. The molecule has 7 heteroatoms. The summed E-state index contributed by atoms with van der Waals surface area (Å²) in [6, 6.07) is 0. The molecule has 1 heterocycles. The molecule has 0 saturated heterocycles. The Balaban J connectivity index is 2.60. The maximum atomic E-state index is 10.7. The van der Waals surface area contributed by atoms with Crippen LogP contribution >= 0.6 is 0 Å². The van der Waals surface area contributed by atoms with Crippen LogP contribution in [0, 0.1) is 0 Å². The van der Waals surface area contributed by atoms with Crippen molar-refractivity contribution >= 4 is 12.3 Å². The maximum Gasteiger partial charge on any atom is 0.433 e. The van der Waals surface area contributed by atoms with Crippen LogP contribution in [-0.2, 0) is 10.4 Å². The van der Waals surface area contributed by atoms with E-state index in [1.165, 1.54) is 18.1 Å². The molecule has 1 aromatic rings. The van der Waals surface area contributed by atoms with E-state index in [1.54, 1.807) is 12.4 Å². The number of amides is 1. The minimum absolute atomic E-state index is 0.544. The predicted molar refractivity (Wildman–Crippen MR) is 53.4 cm³/mol. The largest absolute Gasteiger partial charge is 0.433 e. The van der Waals surface area contributed by atoms with Gasteiger partial charge < -0.3 is 5.32 Å². The van der Waals surface area contributed by atoms with Crippen molar-refractivity contribution in [2.75, 3.05) is 7.05 Å². The predicted octanol–water partition coefficient (Wildman–Crippen LogP) is 0.355. The first kappa shape index (κ1) is 11.2. The zero-order valence-electron chi connectivity index (χ0n) is 8.84. The third-order valence-corrected chi connectivity index (χ3v) is 1.64. The molecule has 1 aromatic heterocycles. The van der Waals surface area contributed by atoms with Crippen molar-refractivity contribution in [2.45, 2.75) is 19.4 Å². The summed E-state index contributed by atoms with van der Waals surface area (Å²) in [6.07, 6.45) is 3.96. The first-order chi connectivity index (χ1) is 7.06. The van der Waals surface area contributed by atoms with Crippen LogP contribution in [0.4, 0.5) is 4.79 Å². The molecule has 15 heavy (non-hydrogen) atoms. The Hall–Kier alpha value is -1.92. The van der Waals surface area contributed by atoms with Gasteiger partial charge in [-0.1, -0.05) is 5.16 Å². The molecule has 0 radical (unpaired) electrons. The average molecular weight is 211 g/mol. The molecule has 7 nitrogen and oxygen atoms in total. The third kappa shape index (κ3) is 3.04. The summed E-state index contributed by atoms with van der Waals surface area (Å²) in [5.41, 5.74) is -0.544. The molecular formula is C8H13N5O2. The molecule has 1 amide bonds. The van der Waals surface area contributed by atoms with Crippen molar-refractivity contribution in [1.82, 2.24) is 20.3 Å². The van der Waals surface area contributed by atoms with E-state index in [1.807, 2.05) is 13.8 Å². The van der Waals surface area contributed by atoms with Crippen molar-refractivity contribution in [3.63, 3.8) is 0 Å². The van der Waals surface area contributed by atoms with Gasteiger partial charge in [-0.3, -0.25) is 4.84 Å². The first-order valence-corrected chi connectivity index (χ1v) is 4.36. The van der Waals surface area contributed by atoms with Crippen molar-refractivity contribution in [2.24, 2.45) is 5.16 Å². The van der Waals surface area contributed by atoms with Gasteiger partial charge in [0.15, 0.2) is 0 Å². The zero-order chi connectivity index (χ0) is 11.3. The molecule has 0 aliphatic carbocycles. The Labute approximate surface area is 87.1 Å². The van der Waals surface area contributed by atoms with Gasteiger partial charge in [0.1, 0.15) is 5.54 Å². The molecule has 0 unspecified atom stereocenters. The number of carbonyl (C=O) groups excluding carboxylic acids is 1. The molecule has 0 spiro atoms. The lowest BCUT2D eigenvalue weighted by Crippen LogP contribution is -2.30. The number of rotatable bonds is 3. The molecule has 0 aliphatic heterocycles. The molecule has 0 bridgehead atoms. The number of aromatic nitrogens is 3. The highest BCUT2D eigenvalue weighted by molar-refractivity contribution is 5.70. The van der Waals surface area contributed by atoms with Crippen LogP contribution in [0.2, 0.25) is 0 Å². The molecule has 0 fully saturated rings. The second-order valence-corrected chi connectivity index (χ2v) is 3.34. The van der Waals surface area contributed by atoms with Crippen LogP contribution in [0.5, 0.6) is 0 Å². The van der Waals surface area contributed by atoms with E-state index < -0.39 is 11.6 Å². The molecular weight excluding hydrogens is 198 g/mol. The smallest absolute Gasteiger partial charge is 0.323 e. The lowest BCUT2D eigenvalue weighted by atomic mass is 10.1. The lowest BCUT2D eigenvalue weighted by molar-refractivity contribution is 0.152. The fourth-order valence-corrected chi connectivity index (χ4v) is 0.814. The maximum absolute atomic E-state index is 10.7. The highest BCUT2D eigenvalue weighted by Gasteiger charge is 2.19. The van der Waals surface area contributed by atoms with Crippen LogP contribution in [0.25, 0.3) is 0 Å². The van der Waals surface area contributed by atoms with Crippen molar-refractivity contribution in [1.29, 1.82) is 0 Å². The van der Waals surface area contributed by atoms with E-state index in [-0.39, 0.29) is 0 Å². The van der Waals surface area contributed by atoms with Gasteiger partial charge in [-0.15, -0.1) is 0 Å². The van der Waals surface area contributed by atoms with Crippen LogP contribution in [0.1, 0.15) is 13.8 Å². The van der Waals surface area contributed by atoms with E-state index in [9.17, 15) is 4.79 Å². The highest BCUT2D eigenvalue weighted by Crippen LogP contribution is 2.07. The molecule has 0 aromatic carbocycles. The second kappa shape index (κ2) is 4.54. The highest BCUT2D eigenvalue weighted by atomic mass is 16.7. The van der Waals surface area contributed by atoms with Crippen molar-refractivity contribution in [3.8, 4) is 0 Å².